The van der Waals surface area contributed by atoms with Crippen LogP contribution in [-0.4, -0.2) is 24.7 Å². The summed E-state index contributed by atoms with van der Waals surface area (Å²) in [5.41, 5.74) is 3.15. The van der Waals surface area contributed by atoms with Gasteiger partial charge in [0.05, 0.1) is 30.9 Å². The van der Waals surface area contributed by atoms with Gasteiger partial charge in [0.25, 0.3) is 5.91 Å². The van der Waals surface area contributed by atoms with E-state index >= 15 is 0 Å². The number of aromatic nitrogens is 1. The van der Waals surface area contributed by atoms with Crippen molar-refractivity contribution in [1.29, 1.82) is 0 Å². The van der Waals surface area contributed by atoms with Crippen LogP contribution in [0.5, 0.6) is 11.5 Å². The van der Waals surface area contributed by atoms with Gasteiger partial charge in [0.1, 0.15) is 0 Å². The van der Waals surface area contributed by atoms with Crippen LogP contribution in [0.1, 0.15) is 30.9 Å². The first-order chi connectivity index (χ1) is 14.0. The molecule has 152 valence electrons. The average Bonchev–Trinajstić information content (AvgIpc) is 3.03. The molecule has 0 atom stereocenters. The predicted octanol–water partition coefficient (Wildman–Crippen LogP) is 4.70. The number of ether oxygens (including phenoxy) is 2. The van der Waals surface area contributed by atoms with Gasteiger partial charge in [-0.3, -0.25) is 4.79 Å². The van der Waals surface area contributed by atoms with Gasteiger partial charge >= 0.3 is 0 Å². The highest BCUT2D eigenvalue weighted by Crippen LogP contribution is 2.33. The number of hydrogen-bond donors (Lipinski definition) is 0. The Balaban J connectivity index is 1.98. The molecule has 2 aromatic carbocycles. The molecule has 0 aliphatic rings. The first-order valence-corrected chi connectivity index (χ1v) is 10.3. The Kier molecular flexibility index (Phi) is 6.54. The van der Waals surface area contributed by atoms with Crippen LogP contribution >= 0.6 is 11.3 Å². The van der Waals surface area contributed by atoms with Crippen LogP contribution in [0.2, 0.25) is 0 Å². The number of carbonyl (C=O) groups excluding carboxylic acids is 1. The molecule has 6 heteroatoms. The Hall–Kier alpha value is -2.86. The summed E-state index contributed by atoms with van der Waals surface area (Å²) < 4.78 is 13.7. The van der Waals surface area contributed by atoms with Gasteiger partial charge in [-0.2, -0.15) is 4.99 Å². The van der Waals surface area contributed by atoms with Crippen molar-refractivity contribution >= 4 is 27.5 Å². The Bertz CT molecular complexity index is 1090. The summed E-state index contributed by atoms with van der Waals surface area (Å²) in [6, 6.07) is 12.0. The lowest BCUT2D eigenvalue weighted by atomic mass is 10.0. The molecular weight excluding hydrogens is 384 g/mol. The van der Waals surface area contributed by atoms with Crippen molar-refractivity contribution in [2.75, 3.05) is 14.2 Å². The van der Waals surface area contributed by atoms with Crippen LogP contribution in [0.4, 0.5) is 0 Å². The fourth-order valence-electron chi connectivity index (χ4n) is 3.13. The van der Waals surface area contributed by atoms with Crippen molar-refractivity contribution in [1.82, 2.24) is 4.57 Å². The van der Waals surface area contributed by atoms with Crippen LogP contribution in [0.3, 0.4) is 0 Å². The molecule has 0 saturated heterocycles. The van der Waals surface area contributed by atoms with Crippen molar-refractivity contribution < 1.29 is 14.3 Å². The van der Waals surface area contributed by atoms with Gasteiger partial charge in [-0.1, -0.05) is 55.5 Å². The molecule has 0 spiro atoms. The van der Waals surface area contributed by atoms with E-state index in [1.807, 2.05) is 28.8 Å². The maximum absolute atomic E-state index is 12.6. The maximum Gasteiger partial charge on any atom is 0.252 e. The summed E-state index contributed by atoms with van der Waals surface area (Å²) >= 11 is 1.45. The summed E-state index contributed by atoms with van der Waals surface area (Å²) in [6.45, 7) is 8.68. The standard InChI is InChI=1S/C23H26N2O3S/c1-6-11-25-18-13-19(27-4)20(28-5)14-21(18)29-23(25)24-22(26)12-16-7-9-17(10-8-16)15(2)3/h6-10,13-15H,1,11-12H2,2-5H3. The highest BCUT2D eigenvalue weighted by Gasteiger charge is 2.13. The molecular formula is C23H26N2O3S. The van der Waals surface area contributed by atoms with E-state index in [1.54, 1.807) is 20.3 Å². The summed E-state index contributed by atoms with van der Waals surface area (Å²) in [5.74, 6) is 1.58. The minimum Gasteiger partial charge on any atom is -0.493 e. The molecule has 1 amide bonds. The van der Waals surface area contributed by atoms with E-state index < -0.39 is 0 Å². The zero-order chi connectivity index (χ0) is 21.0. The van der Waals surface area contributed by atoms with Gasteiger partial charge in [0, 0.05) is 18.7 Å². The van der Waals surface area contributed by atoms with Crippen molar-refractivity contribution in [2.45, 2.75) is 32.7 Å². The van der Waals surface area contributed by atoms with Crippen LogP contribution in [0.15, 0.2) is 54.0 Å². The largest absolute Gasteiger partial charge is 0.493 e. The zero-order valence-corrected chi connectivity index (χ0v) is 18.1. The second kappa shape index (κ2) is 9.09. The monoisotopic (exact) mass is 410 g/mol. The summed E-state index contributed by atoms with van der Waals surface area (Å²) in [7, 11) is 3.21. The van der Waals surface area contributed by atoms with Crippen LogP contribution in [-0.2, 0) is 17.8 Å². The number of allylic oxidation sites excluding steroid dienone is 1. The average molecular weight is 411 g/mol. The van der Waals surface area contributed by atoms with Crippen LogP contribution in [0, 0.1) is 0 Å². The van der Waals surface area contributed by atoms with E-state index in [0.717, 1.165) is 15.8 Å². The topological polar surface area (TPSA) is 52.8 Å². The molecule has 0 unspecified atom stereocenters. The predicted molar refractivity (Wildman–Crippen MR) is 118 cm³/mol. The zero-order valence-electron chi connectivity index (χ0n) is 17.3. The summed E-state index contributed by atoms with van der Waals surface area (Å²) in [6.07, 6.45) is 2.06. The molecule has 0 radical (unpaired) electrons. The maximum atomic E-state index is 12.6. The molecule has 3 aromatic rings. The van der Waals surface area contributed by atoms with Crippen LogP contribution < -0.4 is 14.3 Å². The smallest absolute Gasteiger partial charge is 0.252 e. The molecule has 0 fully saturated rings. The molecule has 5 nitrogen and oxygen atoms in total. The van der Waals surface area contributed by atoms with E-state index in [2.05, 4.69) is 37.6 Å². The van der Waals surface area contributed by atoms with Crippen molar-refractivity contribution in [3.63, 3.8) is 0 Å². The lowest BCUT2D eigenvalue weighted by Crippen LogP contribution is -2.17. The number of nitrogens with zero attached hydrogens (tertiary/aromatic N) is 2. The minimum absolute atomic E-state index is 0.175. The third-order valence-electron chi connectivity index (χ3n) is 4.72. The van der Waals surface area contributed by atoms with Gasteiger partial charge in [0.15, 0.2) is 16.3 Å². The first-order valence-electron chi connectivity index (χ1n) is 9.49. The first kappa shape index (κ1) is 20.9. The summed E-state index contributed by atoms with van der Waals surface area (Å²) in [5, 5.41) is 0. The van der Waals surface area contributed by atoms with E-state index in [0.29, 0.717) is 28.8 Å². The fraction of sp³-hybridized carbons (Fsp3) is 0.304. The number of rotatable bonds is 7. The van der Waals surface area contributed by atoms with Crippen molar-refractivity contribution in [3.05, 3.63) is 65.0 Å². The number of fused-ring (bicyclic) bond motifs is 1. The second-order valence-corrected chi connectivity index (χ2v) is 8.05. The van der Waals surface area contributed by atoms with Gasteiger partial charge in [-0.15, -0.1) is 6.58 Å². The highest BCUT2D eigenvalue weighted by molar-refractivity contribution is 7.16. The Morgan fingerprint density at radius 3 is 2.41 bits per heavy atom. The number of carbonyl (C=O) groups is 1. The van der Waals surface area contributed by atoms with Gasteiger partial charge < -0.3 is 14.0 Å². The second-order valence-electron chi connectivity index (χ2n) is 7.04. The number of hydrogen-bond acceptors (Lipinski definition) is 4. The molecule has 0 bridgehead atoms. The third kappa shape index (κ3) is 4.59. The van der Waals surface area contributed by atoms with E-state index in [9.17, 15) is 4.79 Å². The normalized spacial score (nSPS) is 11.8. The van der Waals surface area contributed by atoms with Gasteiger partial charge in [-0.25, -0.2) is 0 Å². The third-order valence-corrected chi connectivity index (χ3v) is 5.76. The van der Waals surface area contributed by atoms with Crippen molar-refractivity contribution in [2.24, 2.45) is 4.99 Å². The molecule has 1 aromatic heterocycles. The van der Waals surface area contributed by atoms with Gasteiger partial charge in [-0.05, 0) is 17.0 Å². The van der Waals surface area contributed by atoms with Crippen LogP contribution in [0.25, 0.3) is 10.2 Å². The molecule has 0 aliphatic carbocycles. The number of methoxy groups -OCH3 is 2. The number of thiazole rings is 1. The SMILES string of the molecule is C=CCn1c(=NC(=O)Cc2ccc(C(C)C)cc2)sc2cc(OC)c(OC)cc21. The lowest BCUT2D eigenvalue weighted by Gasteiger charge is -2.08. The number of benzene rings is 2. The molecule has 1 heterocycles. The minimum atomic E-state index is -0.175. The quantitative estimate of drug-likeness (QED) is 0.531. The van der Waals surface area contributed by atoms with E-state index in [1.165, 1.54) is 16.9 Å². The molecule has 3 rings (SSSR count). The molecule has 0 saturated carbocycles. The van der Waals surface area contributed by atoms with E-state index in [4.69, 9.17) is 9.47 Å². The summed E-state index contributed by atoms with van der Waals surface area (Å²) in [4.78, 5) is 17.7. The highest BCUT2D eigenvalue weighted by atomic mass is 32.1. The molecule has 0 aliphatic heterocycles. The lowest BCUT2D eigenvalue weighted by molar-refractivity contribution is -0.117. The molecule has 0 N–H and O–H groups in total. The Morgan fingerprint density at radius 2 is 1.83 bits per heavy atom. The Morgan fingerprint density at radius 1 is 1.17 bits per heavy atom. The van der Waals surface area contributed by atoms with E-state index in [-0.39, 0.29) is 12.3 Å². The number of amides is 1. The van der Waals surface area contributed by atoms with Gasteiger partial charge in [0.2, 0.25) is 0 Å². The van der Waals surface area contributed by atoms with Crippen molar-refractivity contribution in [3.8, 4) is 11.5 Å². The molecule has 29 heavy (non-hydrogen) atoms. The fourth-order valence-corrected chi connectivity index (χ4v) is 4.20. The Labute approximate surface area is 174 Å².